The van der Waals surface area contributed by atoms with E-state index in [4.69, 9.17) is 0 Å². The Morgan fingerprint density at radius 2 is 1.70 bits per heavy atom. The van der Waals surface area contributed by atoms with Crippen molar-refractivity contribution >= 4 is 21.7 Å². The first kappa shape index (κ1) is 22.9. The van der Waals surface area contributed by atoms with E-state index in [0.717, 1.165) is 37.8 Å². The minimum absolute atomic E-state index is 0.171. The molecule has 2 heterocycles. The molecule has 0 spiro atoms. The van der Waals surface area contributed by atoms with Gasteiger partial charge in [0.05, 0.1) is 5.75 Å². The Morgan fingerprint density at radius 1 is 1.07 bits per heavy atom. The molecule has 7 nitrogen and oxygen atoms in total. The van der Waals surface area contributed by atoms with Gasteiger partial charge in [-0.1, -0.05) is 19.1 Å². The molecule has 0 aliphatic carbocycles. The summed E-state index contributed by atoms with van der Waals surface area (Å²) in [5.74, 6) is 1.78. The third-order valence-electron chi connectivity index (χ3n) is 6.32. The van der Waals surface area contributed by atoms with E-state index in [9.17, 15) is 8.42 Å². The third-order valence-corrected chi connectivity index (χ3v) is 8.20. The van der Waals surface area contributed by atoms with E-state index >= 15 is 0 Å². The zero-order valence-corrected chi connectivity index (χ0v) is 19.4. The average molecular weight is 436 g/mol. The highest BCUT2D eigenvalue weighted by Crippen LogP contribution is 2.23. The van der Waals surface area contributed by atoms with Gasteiger partial charge in [-0.25, -0.2) is 12.7 Å². The quantitative estimate of drug-likeness (QED) is 0.530. The SMILES string of the molecule is CCS(=O)(=O)N1CCC(NC(=NC)NCc2ccc(N3CCC(C)CC3)cc2)CC1. The van der Waals surface area contributed by atoms with Crippen LogP contribution in [0.2, 0.25) is 0 Å². The summed E-state index contributed by atoms with van der Waals surface area (Å²) in [6, 6.07) is 9.03. The first-order valence-corrected chi connectivity index (χ1v) is 12.8. The van der Waals surface area contributed by atoms with Crippen LogP contribution in [0.5, 0.6) is 0 Å². The van der Waals surface area contributed by atoms with E-state index < -0.39 is 10.0 Å². The Balaban J connectivity index is 1.44. The predicted octanol–water partition coefficient (Wildman–Crippen LogP) is 2.40. The van der Waals surface area contributed by atoms with Crippen molar-refractivity contribution in [1.29, 1.82) is 0 Å². The maximum absolute atomic E-state index is 12.0. The summed E-state index contributed by atoms with van der Waals surface area (Å²) in [6.07, 6.45) is 4.13. The highest BCUT2D eigenvalue weighted by molar-refractivity contribution is 7.89. The van der Waals surface area contributed by atoms with Crippen molar-refractivity contribution in [2.24, 2.45) is 10.9 Å². The van der Waals surface area contributed by atoms with E-state index in [1.165, 1.54) is 24.1 Å². The first-order valence-electron chi connectivity index (χ1n) is 11.2. The molecule has 2 aliphatic heterocycles. The summed E-state index contributed by atoms with van der Waals surface area (Å²) in [5.41, 5.74) is 2.53. The van der Waals surface area contributed by atoms with Crippen molar-refractivity contribution in [1.82, 2.24) is 14.9 Å². The molecule has 2 saturated heterocycles. The van der Waals surface area contributed by atoms with E-state index in [0.29, 0.717) is 19.6 Å². The molecule has 8 heteroatoms. The maximum atomic E-state index is 12.0. The second kappa shape index (κ2) is 10.5. The van der Waals surface area contributed by atoms with Crippen LogP contribution >= 0.6 is 0 Å². The molecule has 1 aromatic rings. The number of sulfonamides is 1. The lowest BCUT2D eigenvalue weighted by Crippen LogP contribution is -2.49. The van der Waals surface area contributed by atoms with Crippen molar-refractivity contribution in [3.8, 4) is 0 Å². The van der Waals surface area contributed by atoms with Crippen molar-refractivity contribution < 1.29 is 8.42 Å². The van der Waals surface area contributed by atoms with Crippen LogP contribution in [0.15, 0.2) is 29.3 Å². The topological polar surface area (TPSA) is 77.0 Å². The first-order chi connectivity index (χ1) is 14.4. The summed E-state index contributed by atoms with van der Waals surface area (Å²) in [4.78, 5) is 6.81. The molecule has 2 fully saturated rings. The fourth-order valence-corrected chi connectivity index (χ4v) is 5.26. The van der Waals surface area contributed by atoms with Gasteiger partial charge in [-0.05, 0) is 56.2 Å². The molecule has 0 aromatic heterocycles. The number of benzene rings is 1. The molecule has 3 rings (SSSR count). The van der Waals surface area contributed by atoms with Crippen LogP contribution in [0.3, 0.4) is 0 Å². The number of nitrogens with one attached hydrogen (secondary N) is 2. The van der Waals surface area contributed by atoms with Gasteiger partial charge in [-0.15, -0.1) is 0 Å². The maximum Gasteiger partial charge on any atom is 0.213 e. The van der Waals surface area contributed by atoms with Crippen molar-refractivity contribution in [2.45, 2.75) is 52.1 Å². The van der Waals surface area contributed by atoms with Crippen molar-refractivity contribution in [2.75, 3.05) is 43.9 Å². The summed E-state index contributed by atoms with van der Waals surface area (Å²) in [5, 5.41) is 6.83. The summed E-state index contributed by atoms with van der Waals surface area (Å²) in [6.45, 7) is 8.18. The molecule has 168 valence electrons. The minimum atomic E-state index is -3.08. The van der Waals surface area contributed by atoms with Crippen LogP contribution < -0.4 is 15.5 Å². The second-order valence-electron chi connectivity index (χ2n) is 8.48. The number of anilines is 1. The lowest BCUT2D eigenvalue weighted by Gasteiger charge is -2.32. The van der Waals surface area contributed by atoms with Crippen LogP contribution in [0.1, 0.15) is 45.1 Å². The largest absolute Gasteiger partial charge is 0.372 e. The Morgan fingerprint density at radius 3 is 2.27 bits per heavy atom. The van der Waals surface area contributed by atoms with Gasteiger partial charge in [0.1, 0.15) is 0 Å². The van der Waals surface area contributed by atoms with Crippen LogP contribution in [0.25, 0.3) is 0 Å². The molecule has 0 amide bonds. The fourth-order valence-electron chi connectivity index (χ4n) is 4.13. The Kier molecular flexibility index (Phi) is 7.99. The third kappa shape index (κ3) is 6.11. The van der Waals surface area contributed by atoms with Crippen LogP contribution in [0.4, 0.5) is 5.69 Å². The lowest BCUT2D eigenvalue weighted by atomic mass is 9.99. The van der Waals surface area contributed by atoms with Crippen molar-refractivity contribution in [3.63, 3.8) is 0 Å². The minimum Gasteiger partial charge on any atom is -0.372 e. The highest BCUT2D eigenvalue weighted by Gasteiger charge is 2.27. The van der Waals surface area contributed by atoms with Gasteiger partial charge in [0.2, 0.25) is 10.0 Å². The highest BCUT2D eigenvalue weighted by atomic mass is 32.2. The summed E-state index contributed by atoms with van der Waals surface area (Å²) in [7, 11) is -1.31. The number of guanidine groups is 1. The van der Waals surface area contributed by atoms with Crippen LogP contribution in [0, 0.1) is 5.92 Å². The number of nitrogens with zero attached hydrogens (tertiary/aromatic N) is 3. The normalized spacial score (nSPS) is 20.4. The summed E-state index contributed by atoms with van der Waals surface area (Å²) >= 11 is 0. The van der Waals surface area contributed by atoms with Gasteiger partial charge in [-0.2, -0.15) is 0 Å². The Bertz CT molecular complexity index is 793. The second-order valence-corrected chi connectivity index (χ2v) is 10.7. The van der Waals surface area contributed by atoms with Gasteiger partial charge in [0.15, 0.2) is 5.96 Å². The zero-order chi connectivity index (χ0) is 21.6. The van der Waals surface area contributed by atoms with Gasteiger partial charge in [0.25, 0.3) is 0 Å². The van der Waals surface area contributed by atoms with Gasteiger partial charge < -0.3 is 15.5 Å². The van der Waals surface area contributed by atoms with Gasteiger partial charge in [0, 0.05) is 51.5 Å². The molecule has 0 bridgehead atoms. The van der Waals surface area contributed by atoms with Gasteiger partial charge in [-0.3, -0.25) is 4.99 Å². The Hall–Kier alpha value is -1.80. The molecular weight excluding hydrogens is 398 g/mol. The smallest absolute Gasteiger partial charge is 0.213 e. The molecule has 2 aliphatic rings. The molecular formula is C22H37N5O2S. The van der Waals surface area contributed by atoms with E-state index in [1.807, 2.05) is 0 Å². The zero-order valence-electron chi connectivity index (χ0n) is 18.6. The summed E-state index contributed by atoms with van der Waals surface area (Å²) < 4.78 is 25.6. The fraction of sp³-hybridized carbons (Fsp3) is 0.682. The standard InChI is InChI=1S/C22H37N5O2S/c1-4-30(28,29)27-15-11-20(12-16-27)25-22(23-3)24-17-19-5-7-21(8-6-19)26-13-9-18(2)10-14-26/h5-8,18,20H,4,9-17H2,1-3H3,(H2,23,24,25). The molecule has 2 N–H and O–H groups in total. The number of hydrogen-bond acceptors (Lipinski definition) is 4. The van der Waals surface area contributed by atoms with Crippen molar-refractivity contribution in [3.05, 3.63) is 29.8 Å². The van der Waals surface area contributed by atoms with Gasteiger partial charge >= 0.3 is 0 Å². The Labute approximate surface area is 182 Å². The number of rotatable bonds is 6. The number of hydrogen-bond donors (Lipinski definition) is 2. The predicted molar refractivity (Wildman–Crippen MR) is 124 cm³/mol. The molecule has 0 saturated carbocycles. The van der Waals surface area contributed by atoms with E-state index in [1.54, 1.807) is 18.3 Å². The van der Waals surface area contributed by atoms with E-state index in [-0.39, 0.29) is 11.8 Å². The molecule has 30 heavy (non-hydrogen) atoms. The number of piperidine rings is 2. The monoisotopic (exact) mass is 435 g/mol. The van der Waals surface area contributed by atoms with E-state index in [2.05, 4.69) is 51.7 Å². The van der Waals surface area contributed by atoms with Crippen LogP contribution in [-0.2, 0) is 16.6 Å². The molecule has 0 unspecified atom stereocenters. The lowest BCUT2D eigenvalue weighted by molar-refractivity contribution is 0.306. The van der Waals surface area contributed by atoms with Crippen LogP contribution in [-0.4, -0.2) is 63.7 Å². The molecule has 0 atom stereocenters. The molecule has 1 aromatic carbocycles. The number of aliphatic imine (C=N–C) groups is 1. The average Bonchev–Trinajstić information content (AvgIpc) is 2.78. The molecule has 0 radical (unpaired) electrons.